The third kappa shape index (κ3) is 5.84. The Labute approximate surface area is 105 Å². The van der Waals surface area contributed by atoms with Crippen molar-refractivity contribution in [1.29, 1.82) is 0 Å². The molecule has 5 heteroatoms. The largest absolute Gasteiger partial charge is 0.748 e. The van der Waals surface area contributed by atoms with Crippen molar-refractivity contribution >= 4 is 10.1 Å². The van der Waals surface area contributed by atoms with Gasteiger partial charge in [0.05, 0.1) is 36.3 Å². The van der Waals surface area contributed by atoms with Crippen molar-refractivity contribution in [2.75, 3.05) is 31.9 Å². The maximum atomic E-state index is 10.5. The Balaban J connectivity index is 2.30. The molecule has 102 valence electrons. The van der Waals surface area contributed by atoms with Gasteiger partial charge in [-0.2, -0.15) is 0 Å². The summed E-state index contributed by atoms with van der Waals surface area (Å²) in [5, 5.41) is 0. The molecule has 1 aliphatic heterocycles. The number of nitrogens with zero attached hydrogens (tertiary/aromatic N) is 1. The predicted octanol–water partition coefficient (Wildman–Crippen LogP) is 1.72. The van der Waals surface area contributed by atoms with Gasteiger partial charge >= 0.3 is 0 Å². The molecule has 0 amide bonds. The molecule has 17 heavy (non-hydrogen) atoms. The van der Waals surface area contributed by atoms with Gasteiger partial charge in [0, 0.05) is 18.6 Å². The Kier molecular flexibility index (Phi) is 5.89. The van der Waals surface area contributed by atoms with E-state index in [-0.39, 0.29) is 5.75 Å². The van der Waals surface area contributed by atoms with Crippen LogP contribution in [0.25, 0.3) is 0 Å². The van der Waals surface area contributed by atoms with Crippen LogP contribution < -0.4 is 0 Å². The Morgan fingerprint density at radius 3 is 2.18 bits per heavy atom. The van der Waals surface area contributed by atoms with Gasteiger partial charge < -0.3 is 9.04 Å². The lowest BCUT2D eigenvalue weighted by atomic mass is 10.2. The molecule has 0 bridgehead atoms. The van der Waals surface area contributed by atoms with E-state index in [9.17, 15) is 13.0 Å². The Hall–Kier alpha value is -0.130. The monoisotopic (exact) mass is 263 g/mol. The quantitative estimate of drug-likeness (QED) is 0.381. The molecule has 0 aliphatic carbocycles. The Morgan fingerprint density at radius 2 is 1.65 bits per heavy atom. The molecule has 1 rings (SSSR count). The third-order valence-corrected chi connectivity index (χ3v) is 4.57. The number of unbranched alkanes of at least 4 members (excludes halogenated alkanes) is 2. The molecule has 1 heterocycles. The van der Waals surface area contributed by atoms with Crippen LogP contribution in [0.15, 0.2) is 0 Å². The first-order valence-electron chi connectivity index (χ1n) is 6.76. The minimum Gasteiger partial charge on any atom is -0.748 e. The van der Waals surface area contributed by atoms with Crippen molar-refractivity contribution in [3.8, 4) is 0 Å². The highest BCUT2D eigenvalue weighted by molar-refractivity contribution is 7.85. The SMILES string of the molecule is CCCC[N+]1(CCCCS(=O)(=O)[O-])CCCC1. The van der Waals surface area contributed by atoms with E-state index in [0.29, 0.717) is 6.42 Å². The van der Waals surface area contributed by atoms with Crippen LogP contribution in [0.5, 0.6) is 0 Å². The topological polar surface area (TPSA) is 57.2 Å². The molecule has 4 nitrogen and oxygen atoms in total. The fourth-order valence-electron chi connectivity index (χ4n) is 2.78. The highest BCUT2D eigenvalue weighted by atomic mass is 32.2. The van der Waals surface area contributed by atoms with Crippen molar-refractivity contribution in [1.82, 2.24) is 0 Å². The normalized spacial score (nSPS) is 19.6. The summed E-state index contributed by atoms with van der Waals surface area (Å²) in [6.07, 6.45) is 6.45. The summed E-state index contributed by atoms with van der Waals surface area (Å²) in [4.78, 5) is 0. The number of rotatable bonds is 8. The third-order valence-electron chi connectivity index (χ3n) is 3.78. The minimum absolute atomic E-state index is 0.194. The highest BCUT2D eigenvalue weighted by Gasteiger charge is 2.30. The van der Waals surface area contributed by atoms with Crippen LogP contribution in [0.2, 0.25) is 0 Å². The molecule has 1 saturated heterocycles. The van der Waals surface area contributed by atoms with E-state index in [1.165, 1.54) is 45.3 Å². The van der Waals surface area contributed by atoms with Gasteiger partial charge in [0.2, 0.25) is 0 Å². The molecule has 0 aromatic rings. The molecular formula is C12H25NO3S. The molecule has 0 radical (unpaired) electrons. The smallest absolute Gasteiger partial charge is 0.0945 e. The predicted molar refractivity (Wildman–Crippen MR) is 67.7 cm³/mol. The second kappa shape index (κ2) is 6.71. The minimum atomic E-state index is -4.01. The standard InChI is InChI=1S/C12H25NO3S/c1-2-3-8-13(9-4-5-10-13)11-6-7-12-17(14,15)16/h2-12H2,1H3. The number of quaternary nitrogens is 1. The fraction of sp³-hybridized carbons (Fsp3) is 1.00. The van der Waals surface area contributed by atoms with Crippen LogP contribution in [0, 0.1) is 0 Å². The van der Waals surface area contributed by atoms with E-state index in [4.69, 9.17) is 0 Å². The van der Waals surface area contributed by atoms with E-state index < -0.39 is 10.1 Å². The lowest BCUT2D eigenvalue weighted by molar-refractivity contribution is -0.917. The molecule has 0 aromatic carbocycles. The number of hydrogen-bond donors (Lipinski definition) is 0. The second-order valence-corrected chi connectivity index (χ2v) is 6.79. The van der Waals surface area contributed by atoms with Gasteiger partial charge in [0.25, 0.3) is 0 Å². The van der Waals surface area contributed by atoms with E-state index in [1.807, 2.05) is 0 Å². The molecule has 0 spiro atoms. The molecule has 0 N–H and O–H groups in total. The first-order valence-corrected chi connectivity index (χ1v) is 8.34. The van der Waals surface area contributed by atoms with Crippen molar-refractivity contribution in [2.24, 2.45) is 0 Å². The zero-order valence-electron chi connectivity index (χ0n) is 10.9. The molecule has 1 aliphatic rings. The van der Waals surface area contributed by atoms with Crippen molar-refractivity contribution in [3.63, 3.8) is 0 Å². The summed E-state index contributed by atoms with van der Waals surface area (Å²) >= 11 is 0. The van der Waals surface area contributed by atoms with Crippen LogP contribution in [-0.2, 0) is 10.1 Å². The van der Waals surface area contributed by atoms with E-state index in [2.05, 4.69) is 6.92 Å². The number of hydrogen-bond acceptors (Lipinski definition) is 3. The van der Waals surface area contributed by atoms with Gasteiger partial charge in [-0.15, -0.1) is 0 Å². The Morgan fingerprint density at radius 1 is 1.06 bits per heavy atom. The van der Waals surface area contributed by atoms with E-state index in [0.717, 1.165) is 17.4 Å². The fourth-order valence-corrected chi connectivity index (χ4v) is 3.34. The molecule has 0 saturated carbocycles. The van der Waals surface area contributed by atoms with E-state index >= 15 is 0 Å². The summed E-state index contributed by atoms with van der Waals surface area (Å²) in [6.45, 7) is 6.96. The van der Waals surface area contributed by atoms with Crippen molar-refractivity contribution in [3.05, 3.63) is 0 Å². The van der Waals surface area contributed by atoms with Gasteiger partial charge in [-0.3, -0.25) is 0 Å². The average molecular weight is 263 g/mol. The van der Waals surface area contributed by atoms with E-state index in [1.54, 1.807) is 0 Å². The van der Waals surface area contributed by atoms with Crippen LogP contribution in [-0.4, -0.2) is 49.4 Å². The zero-order valence-corrected chi connectivity index (χ0v) is 11.7. The average Bonchev–Trinajstić information content (AvgIpc) is 2.70. The molecule has 0 atom stereocenters. The number of likely N-dealkylation sites (tertiary alicyclic amines) is 1. The van der Waals surface area contributed by atoms with Gasteiger partial charge in [0.1, 0.15) is 0 Å². The van der Waals surface area contributed by atoms with Gasteiger partial charge in [-0.1, -0.05) is 13.3 Å². The van der Waals surface area contributed by atoms with Crippen molar-refractivity contribution in [2.45, 2.75) is 45.4 Å². The summed E-state index contributed by atoms with van der Waals surface area (Å²) in [5.74, 6) is -0.194. The van der Waals surface area contributed by atoms with Crippen molar-refractivity contribution < 1.29 is 17.5 Å². The van der Waals surface area contributed by atoms with Gasteiger partial charge in [-0.25, -0.2) is 8.42 Å². The van der Waals surface area contributed by atoms with Crippen LogP contribution in [0.3, 0.4) is 0 Å². The van der Waals surface area contributed by atoms with Crippen LogP contribution in [0.4, 0.5) is 0 Å². The second-order valence-electron chi connectivity index (χ2n) is 5.27. The molecule has 0 unspecified atom stereocenters. The first-order chi connectivity index (χ1) is 7.97. The van der Waals surface area contributed by atoms with Crippen LogP contribution >= 0.6 is 0 Å². The maximum absolute atomic E-state index is 10.5. The lowest BCUT2D eigenvalue weighted by Gasteiger charge is -2.34. The lowest BCUT2D eigenvalue weighted by Crippen LogP contribution is -2.46. The molecule has 1 fully saturated rings. The summed E-state index contributed by atoms with van der Waals surface area (Å²) < 4.78 is 32.7. The van der Waals surface area contributed by atoms with Gasteiger partial charge in [0.15, 0.2) is 0 Å². The highest BCUT2D eigenvalue weighted by Crippen LogP contribution is 2.21. The maximum Gasteiger partial charge on any atom is 0.0945 e. The summed E-state index contributed by atoms with van der Waals surface area (Å²) in [7, 11) is -4.01. The zero-order chi connectivity index (χ0) is 12.8. The summed E-state index contributed by atoms with van der Waals surface area (Å²) in [6, 6.07) is 0. The van der Waals surface area contributed by atoms with Gasteiger partial charge in [-0.05, 0) is 19.3 Å². The Bertz CT molecular complexity index is 308. The molecule has 0 aromatic heterocycles. The molecular weight excluding hydrogens is 238 g/mol. The first kappa shape index (κ1) is 14.9. The summed E-state index contributed by atoms with van der Waals surface area (Å²) in [5.41, 5.74) is 0. The van der Waals surface area contributed by atoms with Crippen LogP contribution in [0.1, 0.15) is 45.4 Å².